The van der Waals surface area contributed by atoms with Gasteiger partial charge in [0, 0.05) is 31.3 Å². The number of hydrogen-bond acceptors (Lipinski definition) is 6. The molecular weight excluding hydrogens is 330 g/mol. The number of aromatic nitrogens is 5. The first-order valence-corrected chi connectivity index (χ1v) is 8.50. The van der Waals surface area contributed by atoms with Gasteiger partial charge in [0.2, 0.25) is 11.9 Å². The van der Waals surface area contributed by atoms with Crippen molar-refractivity contribution in [2.24, 2.45) is 0 Å². The van der Waals surface area contributed by atoms with E-state index >= 15 is 0 Å². The van der Waals surface area contributed by atoms with Crippen molar-refractivity contribution in [2.75, 3.05) is 11.4 Å². The molecule has 0 bridgehead atoms. The van der Waals surface area contributed by atoms with Crippen LogP contribution in [0.3, 0.4) is 0 Å². The van der Waals surface area contributed by atoms with Gasteiger partial charge in [0.15, 0.2) is 0 Å². The van der Waals surface area contributed by atoms with E-state index in [-0.39, 0.29) is 11.9 Å². The second kappa shape index (κ2) is 7.30. The largest absolute Gasteiger partial charge is 0.350 e. The van der Waals surface area contributed by atoms with Crippen molar-refractivity contribution in [1.82, 2.24) is 30.0 Å². The SMILES string of the molecule is O=C(C[C@@H]1CN(c2ncccn2)Cc2ccnn21)NCc1ccccn1. The number of amides is 1. The normalized spacial score (nSPS) is 16.2. The minimum absolute atomic E-state index is 0.0297. The molecule has 8 heteroatoms. The molecule has 0 aliphatic carbocycles. The molecule has 1 amide bonds. The van der Waals surface area contributed by atoms with Crippen molar-refractivity contribution >= 4 is 11.9 Å². The fourth-order valence-corrected chi connectivity index (χ4v) is 3.12. The van der Waals surface area contributed by atoms with E-state index in [2.05, 4.69) is 30.3 Å². The quantitative estimate of drug-likeness (QED) is 0.748. The summed E-state index contributed by atoms with van der Waals surface area (Å²) >= 11 is 0. The minimum Gasteiger partial charge on any atom is -0.350 e. The number of pyridine rings is 1. The average Bonchev–Trinajstić information content (AvgIpc) is 3.17. The highest BCUT2D eigenvalue weighted by Crippen LogP contribution is 2.25. The lowest BCUT2D eigenvalue weighted by Crippen LogP contribution is -2.40. The van der Waals surface area contributed by atoms with Crippen LogP contribution in [0.5, 0.6) is 0 Å². The number of nitrogens with one attached hydrogen (secondary N) is 1. The maximum absolute atomic E-state index is 12.4. The third-order valence-electron chi connectivity index (χ3n) is 4.33. The smallest absolute Gasteiger partial charge is 0.225 e. The van der Waals surface area contributed by atoms with Gasteiger partial charge in [0.1, 0.15) is 0 Å². The molecule has 3 aromatic heterocycles. The Hall–Kier alpha value is -3.29. The Bertz CT molecular complexity index is 866. The van der Waals surface area contributed by atoms with Gasteiger partial charge in [0.25, 0.3) is 0 Å². The molecule has 0 aromatic carbocycles. The van der Waals surface area contributed by atoms with Gasteiger partial charge in [-0.25, -0.2) is 9.97 Å². The molecule has 4 rings (SSSR count). The molecule has 1 aliphatic rings. The Morgan fingerprint density at radius 3 is 2.73 bits per heavy atom. The van der Waals surface area contributed by atoms with Crippen molar-refractivity contribution in [3.05, 3.63) is 66.5 Å². The van der Waals surface area contributed by atoms with Crippen LogP contribution in [0.1, 0.15) is 23.9 Å². The fourth-order valence-electron chi connectivity index (χ4n) is 3.12. The highest BCUT2D eigenvalue weighted by Gasteiger charge is 2.28. The molecule has 0 radical (unpaired) electrons. The predicted octanol–water partition coefficient (Wildman–Crippen LogP) is 1.34. The van der Waals surface area contributed by atoms with Crippen LogP contribution >= 0.6 is 0 Å². The summed E-state index contributed by atoms with van der Waals surface area (Å²) in [7, 11) is 0. The van der Waals surface area contributed by atoms with E-state index in [0.717, 1.165) is 11.4 Å². The highest BCUT2D eigenvalue weighted by molar-refractivity contribution is 5.76. The zero-order chi connectivity index (χ0) is 17.8. The van der Waals surface area contributed by atoms with Crippen LogP contribution in [0, 0.1) is 0 Å². The first-order chi connectivity index (χ1) is 12.8. The first kappa shape index (κ1) is 16.2. The van der Waals surface area contributed by atoms with E-state index in [1.54, 1.807) is 30.9 Å². The number of fused-ring (bicyclic) bond motifs is 1. The van der Waals surface area contributed by atoms with E-state index in [4.69, 9.17) is 0 Å². The van der Waals surface area contributed by atoms with Crippen LogP contribution in [0.4, 0.5) is 5.95 Å². The van der Waals surface area contributed by atoms with E-state index in [9.17, 15) is 4.79 Å². The Labute approximate surface area is 150 Å². The maximum Gasteiger partial charge on any atom is 0.225 e. The molecule has 132 valence electrons. The summed E-state index contributed by atoms with van der Waals surface area (Å²) < 4.78 is 1.93. The second-order valence-electron chi connectivity index (χ2n) is 6.15. The maximum atomic E-state index is 12.4. The van der Waals surface area contributed by atoms with E-state index in [0.29, 0.717) is 32.0 Å². The van der Waals surface area contributed by atoms with Gasteiger partial charge in [-0.05, 0) is 24.3 Å². The Balaban J connectivity index is 1.44. The molecule has 0 fully saturated rings. The van der Waals surface area contributed by atoms with Crippen molar-refractivity contribution < 1.29 is 4.79 Å². The molecule has 0 saturated heterocycles. The van der Waals surface area contributed by atoms with Crippen molar-refractivity contribution in [3.8, 4) is 0 Å². The zero-order valence-electron chi connectivity index (χ0n) is 14.2. The summed E-state index contributed by atoms with van der Waals surface area (Å²) in [4.78, 5) is 27.4. The molecule has 1 atom stereocenters. The molecule has 4 heterocycles. The molecule has 26 heavy (non-hydrogen) atoms. The van der Waals surface area contributed by atoms with Gasteiger partial charge in [-0.2, -0.15) is 5.10 Å². The van der Waals surface area contributed by atoms with Crippen LogP contribution in [-0.4, -0.2) is 37.2 Å². The third-order valence-corrected chi connectivity index (χ3v) is 4.33. The number of hydrogen-bond donors (Lipinski definition) is 1. The molecule has 0 saturated carbocycles. The van der Waals surface area contributed by atoms with Gasteiger partial charge in [0.05, 0.1) is 36.9 Å². The van der Waals surface area contributed by atoms with Crippen molar-refractivity contribution in [2.45, 2.75) is 25.6 Å². The number of carbonyl (C=O) groups excluding carboxylic acids is 1. The van der Waals surface area contributed by atoms with Gasteiger partial charge in [-0.1, -0.05) is 6.07 Å². The van der Waals surface area contributed by atoms with Gasteiger partial charge < -0.3 is 10.2 Å². The third kappa shape index (κ3) is 3.53. The summed E-state index contributed by atoms with van der Waals surface area (Å²) in [6.45, 7) is 1.73. The van der Waals surface area contributed by atoms with Crippen molar-refractivity contribution in [3.63, 3.8) is 0 Å². The monoisotopic (exact) mass is 349 g/mol. The molecule has 1 N–H and O–H groups in total. The topological polar surface area (TPSA) is 88.8 Å². The van der Waals surface area contributed by atoms with Crippen LogP contribution in [0.25, 0.3) is 0 Å². The number of nitrogens with zero attached hydrogens (tertiary/aromatic N) is 6. The molecule has 0 unspecified atom stereocenters. The molecular formula is C18H19N7O. The Morgan fingerprint density at radius 1 is 1.08 bits per heavy atom. The lowest BCUT2D eigenvalue weighted by Gasteiger charge is -2.33. The summed E-state index contributed by atoms with van der Waals surface area (Å²) in [5, 5.41) is 7.33. The Kier molecular flexibility index (Phi) is 4.55. The summed E-state index contributed by atoms with van der Waals surface area (Å²) in [6.07, 6.45) is 7.27. The average molecular weight is 349 g/mol. The fraction of sp³-hybridized carbons (Fsp3) is 0.278. The second-order valence-corrected chi connectivity index (χ2v) is 6.15. The lowest BCUT2D eigenvalue weighted by molar-refractivity contribution is -0.122. The first-order valence-electron chi connectivity index (χ1n) is 8.50. The summed E-state index contributed by atoms with van der Waals surface area (Å²) in [6, 6.07) is 9.34. The van der Waals surface area contributed by atoms with E-state index in [1.807, 2.05) is 28.9 Å². The minimum atomic E-state index is -0.0683. The van der Waals surface area contributed by atoms with Gasteiger partial charge in [-0.3, -0.25) is 14.5 Å². The van der Waals surface area contributed by atoms with Gasteiger partial charge in [-0.15, -0.1) is 0 Å². The summed E-state index contributed by atoms with van der Waals surface area (Å²) in [5.74, 6) is 0.636. The lowest BCUT2D eigenvalue weighted by atomic mass is 10.1. The van der Waals surface area contributed by atoms with Crippen LogP contribution in [0.2, 0.25) is 0 Å². The van der Waals surface area contributed by atoms with E-state index in [1.165, 1.54) is 0 Å². The predicted molar refractivity (Wildman–Crippen MR) is 95.0 cm³/mol. The van der Waals surface area contributed by atoms with Crippen LogP contribution in [-0.2, 0) is 17.9 Å². The molecule has 8 nitrogen and oxygen atoms in total. The molecule has 1 aliphatic heterocycles. The van der Waals surface area contributed by atoms with Gasteiger partial charge >= 0.3 is 0 Å². The number of rotatable bonds is 5. The molecule has 0 spiro atoms. The number of anilines is 1. The number of carbonyl (C=O) groups is 1. The van der Waals surface area contributed by atoms with E-state index < -0.39 is 0 Å². The Morgan fingerprint density at radius 2 is 1.92 bits per heavy atom. The highest BCUT2D eigenvalue weighted by atomic mass is 16.1. The zero-order valence-corrected chi connectivity index (χ0v) is 14.2. The van der Waals surface area contributed by atoms with Crippen LogP contribution in [0.15, 0.2) is 55.1 Å². The standard InChI is InChI=1S/C18H19N7O/c26-17(22-11-14-4-1-2-6-19-14)10-16-13-24(18-20-7-3-8-21-18)12-15-5-9-23-25(15)16/h1-9,16H,10-13H2,(H,22,26)/t16-/m1/s1. The van der Waals surface area contributed by atoms with Crippen molar-refractivity contribution in [1.29, 1.82) is 0 Å². The summed E-state index contributed by atoms with van der Waals surface area (Å²) in [5.41, 5.74) is 1.88. The van der Waals surface area contributed by atoms with Crippen LogP contribution < -0.4 is 10.2 Å². The molecule has 3 aromatic rings.